The Labute approximate surface area is 111 Å². The monoisotopic (exact) mass is 266 g/mol. The molecule has 1 fully saturated rings. The molecule has 0 atom stereocenters. The number of carboxylic acids is 1. The normalized spacial score (nSPS) is 14.4. The number of ether oxygens (including phenoxy) is 1. The van der Waals surface area contributed by atoms with Gasteiger partial charge in [0.15, 0.2) is 0 Å². The third-order valence-corrected chi connectivity index (χ3v) is 3.20. The van der Waals surface area contributed by atoms with Gasteiger partial charge in [0.1, 0.15) is 12.2 Å². The molecule has 2 rings (SSSR count). The van der Waals surface area contributed by atoms with Gasteiger partial charge in [-0.05, 0) is 25.0 Å². The predicted octanol–water partition coefficient (Wildman–Crippen LogP) is 0.824. The average molecular weight is 266 g/mol. The third-order valence-electron chi connectivity index (χ3n) is 3.20. The van der Waals surface area contributed by atoms with Crippen LogP contribution in [0.4, 0.5) is 0 Å². The van der Waals surface area contributed by atoms with E-state index in [-0.39, 0.29) is 18.1 Å². The summed E-state index contributed by atoms with van der Waals surface area (Å²) in [5.41, 5.74) is 0.135. The molecule has 0 aromatic carbocycles. The molecule has 1 heterocycles. The molecule has 0 radical (unpaired) electrons. The molecule has 1 aliphatic carbocycles. The van der Waals surface area contributed by atoms with Crippen LogP contribution in [0, 0.1) is 0 Å². The third kappa shape index (κ3) is 3.35. The summed E-state index contributed by atoms with van der Waals surface area (Å²) >= 11 is 0. The predicted molar refractivity (Wildman–Crippen MR) is 68.0 cm³/mol. The van der Waals surface area contributed by atoms with Crippen molar-refractivity contribution in [2.45, 2.75) is 25.4 Å². The van der Waals surface area contributed by atoms with E-state index in [1.165, 1.54) is 10.6 Å². The van der Waals surface area contributed by atoms with Crippen molar-refractivity contribution in [2.75, 3.05) is 20.3 Å². The van der Waals surface area contributed by atoms with Gasteiger partial charge in [-0.1, -0.05) is 0 Å². The zero-order chi connectivity index (χ0) is 13.8. The van der Waals surface area contributed by atoms with E-state index >= 15 is 0 Å². The van der Waals surface area contributed by atoms with Gasteiger partial charge in [-0.15, -0.1) is 0 Å². The van der Waals surface area contributed by atoms with Crippen molar-refractivity contribution in [1.29, 1.82) is 0 Å². The fourth-order valence-electron chi connectivity index (χ4n) is 2.07. The maximum atomic E-state index is 12.2. The number of carbonyl (C=O) groups is 2. The van der Waals surface area contributed by atoms with Gasteiger partial charge < -0.3 is 19.3 Å². The van der Waals surface area contributed by atoms with Crippen molar-refractivity contribution < 1.29 is 19.4 Å². The topological polar surface area (TPSA) is 71.8 Å². The Balaban J connectivity index is 2.01. The number of nitrogens with zero attached hydrogens (tertiary/aromatic N) is 2. The number of carbonyl (C=O) groups excluding carboxylic acids is 1. The lowest BCUT2D eigenvalue weighted by molar-refractivity contribution is -0.133. The number of methoxy groups -OCH3 is 1. The first kappa shape index (κ1) is 13.6. The van der Waals surface area contributed by atoms with E-state index in [0.717, 1.165) is 12.8 Å². The van der Waals surface area contributed by atoms with Gasteiger partial charge in [-0.3, -0.25) is 4.79 Å². The summed E-state index contributed by atoms with van der Waals surface area (Å²) in [6, 6.07) is 3.42. The van der Waals surface area contributed by atoms with E-state index in [4.69, 9.17) is 9.84 Å². The van der Waals surface area contributed by atoms with Gasteiger partial charge in [0.05, 0.1) is 6.61 Å². The second-order valence-electron chi connectivity index (χ2n) is 4.64. The zero-order valence-corrected chi connectivity index (χ0v) is 10.9. The van der Waals surface area contributed by atoms with Crippen LogP contribution in [-0.4, -0.2) is 52.8 Å². The fourth-order valence-corrected chi connectivity index (χ4v) is 2.07. The second-order valence-corrected chi connectivity index (χ2v) is 4.64. The highest BCUT2D eigenvalue weighted by Crippen LogP contribution is 2.27. The van der Waals surface area contributed by atoms with Crippen LogP contribution in [0.3, 0.4) is 0 Å². The molecule has 6 nitrogen and oxygen atoms in total. The molecule has 104 valence electrons. The van der Waals surface area contributed by atoms with E-state index in [0.29, 0.717) is 19.2 Å². The van der Waals surface area contributed by atoms with E-state index in [1.807, 2.05) is 0 Å². The molecule has 1 amide bonds. The largest absolute Gasteiger partial charge is 0.477 e. The van der Waals surface area contributed by atoms with E-state index in [1.54, 1.807) is 24.3 Å². The van der Waals surface area contributed by atoms with Crippen LogP contribution in [0.5, 0.6) is 0 Å². The molecule has 6 heteroatoms. The number of rotatable bonds is 7. The van der Waals surface area contributed by atoms with Crippen molar-refractivity contribution in [2.24, 2.45) is 0 Å². The minimum absolute atomic E-state index is 0.0572. The van der Waals surface area contributed by atoms with Crippen LogP contribution in [0.1, 0.15) is 23.3 Å². The molecule has 0 saturated heterocycles. The number of aromatic carboxylic acids is 1. The first-order valence-corrected chi connectivity index (χ1v) is 6.30. The second kappa shape index (κ2) is 5.88. The summed E-state index contributed by atoms with van der Waals surface area (Å²) in [4.78, 5) is 25.0. The van der Waals surface area contributed by atoms with Crippen LogP contribution in [0.25, 0.3) is 0 Å². The van der Waals surface area contributed by atoms with Crippen LogP contribution < -0.4 is 0 Å². The van der Waals surface area contributed by atoms with E-state index in [2.05, 4.69) is 0 Å². The van der Waals surface area contributed by atoms with Gasteiger partial charge >= 0.3 is 5.97 Å². The molecule has 1 aromatic rings. The molecular weight excluding hydrogens is 248 g/mol. The molecule has 0 spiro atoms. The molecule has 0 bridgehead atoms. The van der Waals surface area contributed by atoms with Gasteiger partial charge in [0.2, 0.25) is 5.91 Å². The van der Waals surface area contributed by atoms with Crippen molar-refractivity contribution in [3.05, 3.63) is 24.0 Å². The van der Waals surface area contributed by atoms with Gasteiger partial charge in [0, 0.05) is 25.9 Å². The van der Waals surface area contributed by atoms with Crippen molar-refractivity contribution in [1.82, 2.24) is 9.47 Å². The van der Waals surface area contributed by atoms with Crippen LogP contribution in [-0.2, 0) is 16.1 Å². The maximum Gasteiger partial charge on any atom is 0.352 e. The Morgan fingerprint density at radius 3 is 2.84 bits per heavy atom. The number of amides is 1. The minimum Gasteiger partial charge on any atom is -0.477 e. The Morgan fingerprint density at radius 1 is 1.53 bits per heavy atom. The van der Waals surface area contributed by atoms with Crippen LogP contribution >= 0.6 is 0 Å². The lowest BCUT2D eigenvalue weighted by Gasteiger charge is -2.22. The first-order chi connectivity index (χ1) is 9.13. The zero-order valence-electron chi connectivity index (χ0n) is 10.9. The molecule has 1 aliphatic rings. The molecule has 1 aromatic heterocycles. The molecule has 0 aliphatic heterocycles. The van der Waals surface area contributed by atoms with Gasteiger partial charge in [-0.2, -0.15) is 0 Å². The van der Waals surface area contributed by atoms with E-state index < -0.39 is 5.97 Å². The van der Waals surface area contributed by atoms with Crippen LogP contribution in [0.2, 0.25) is 0 Å². The lowest BCUT2D eigenvalue weighted by atomic mass is 10.4. The summed E-state index contributed by atoms with van der Waals surface area (Å²) < 4.78 is 6.47. The molecule has 1 N–H and O–H groups in total. The molecule has 19 heavy (non-hydrogen) atoms. The minimum atomic E-state index is -1.02. The van der Waals surface area contributed by atoms with Crippen LogP contribution in [0.15, 0.2) is 18.3 Å². The van der Waals surface area contributed by atoms with Crippen molar-refractivity contribution in [3.63, 3.8) is 0 Å². The fraction of sp³-hybridized carbons (Fsp3) is 0.538. The number of carboxylic acid groups (broad SMARTS) is 1. The smallest absolute Gasteiger partial charge is 0.352 e. The van der Waals surface area contributed by atoms with Crippen molar-refractivity contribution in [3.8, 4) is 0 Å². The molecular formula is C13H18N2O4. The highest BCUT2D eigenvalue weighted by molar-refractivity contribution is 5.87. The lowest BCUT2D eigenvalue weighted by Crippen LogP contribution is -2.38. The number of hydrogen-bond acceptors (Lipinski definition) is 3. The SMILES string of the molecule is COCCN(C(=O)Cn1cccc1C(=O)O)C1CC1. The summed E-state index contributed by atoms with van der Waals surface area (Å²) in [5, 5.41) is 9.00. The van der Waals surface area contributed by atoms with Gasteiger partial charge in [0.25, 0.3) is 0 Å². The molecule has 0 unspecified atom stereocenters. The highest BCUT2D eigenvalue weighted by Gasteiger charge is 2.32. The van der Waals surface area contributed by atoms with Gasteiger partial charge in [-0.25, -0.2) is 4.79 Å². The molecule has 1 saturated carbocycles. The summed E-state index contributed by atoms with van der Waals surface area (Å²) in [7, 11) is 1.60. The number of hydrogen-bond donors (Lipinski definition) is 1. The number of aromatic nitrogens is 1. The summed E-state index contributed by atoms with van der Waals surface area (Å²) in [5.74, 6) is -1.08. The summed E-state index contributed by atoms with van der Waals surface area (Å²) in [6.45, 7) is 1.12. The first-order valence-electron chi connectivity index (χ1n) is 6.30. The highest BCUT2D eigenvalue weighted by atomic mass is 16.5. The van der Waals surface area contributed by atoms with Crippen molar-refractivity contribution >= 4 is 11.9 Å². The Kier molecular flexibility index (Phi) is 4.21. The Hall–Kier alpha value is -1.82. The quantitative estimate of drug-likeness (QED) is 0.793. The maximum absolute atomic E-state index is 12.2. The Morgan fingerprint density at radius 2 is 2.26 bits per heavy atom. The average Bonchev–Trinajstić information content (AvgIpc) is 3.09. The standard InChI is InChI=1S/C13H18N2O4/c1-19-8-7-15(10-4-5-10)12(16)9-14-6-2-3-11(14)13(17)18/h2-3,6,10H,4-5,7-9H2,1H3,(H,17,18). The van der Waals surface area contributed by atoms with E-state index in [9.17, 15) is 9.59 Å². The Bertz CT molecular complexity index is 465. The summed E-state index contributed by atoms with van der Waals surface area (Å²) in [6.07, 6.45) is 3.66.